The molecular weight excluding hydrogens is 284 g/mol. The number of amides is 1. The molecule has 0 unspecified atom stereocenters. The lowest BCUT2D eigenvalue weighted by Gasteiger charge is -2.10. The van der Waals surface area contributed by atoms with Gasteiger partial charge >= 0.3 is 0 Å². The molecule has 1 aliphatic rings. The van der Waals surface area contributed by atoms with E-state index < -0.39 is 0 Å². The molecule has 1 amide bonds. The highest BCUT2D eigenvalue weighted by molar-refractivity contribution is 6.04. The first-order valence-corrected chi connectivity index (χ1v) is 6.93. The summed E-state index contributed by atoms with van der Waals surface area (Å²) in [6.45, 7) is 0. The van der Waals surface area contributed by atoms with E-state index in [1.807, 2.05) is 0 Å². The first kappa shape index (κ1) is 14.2. The van der Waals surface area contributed by atoms with Gasteiger partial charge in [0.1, 0.15) is 11.5 Å². The summed E-state index contributed by atoms with van der Waals surface area (Å²) in [7, 11) is 2.99. The Hall–Kier alpha value is -2.70. The predicted molar refractivity (Wildman–Crippen MR) is 79.3 cm³/mol. The van der Waals surface area contributed by atoms with Crippen LogP contribution in [0.15, 0.2) is 24.5 Å². The molecule has 22 heavy (non-hydrogen) atoms. The number of methoxy groups -OCH3 is 2. The Kier molecular flexibility index (Phi) is 3.86. The molecular formula is C15H16N4O3. The van der Waals surface area contributed by atoms with Crippen LogP contribution < -0.4 is 14.8 Å². The van der Waals surface area contributed by atoms with Crippen molar-refractivity contribution in [2.24, 2.45) is 0 Å². The number of pyridine rings is 1. The molecule has 2 aromatic rings. The quantitative estimate of drug-likeness (QED) is 0.909. The standard InChI is InChI=1S/C15H16N4O3/c1-21-12-6-5-11(15(19-12)22-2)18-14(20)10-7-16-13(17-8-10)9-3-4-9/h5-9H,3-4H2,1-2H3,(H,18,20). The Balaban J connectivity index is 1.75. The van der Waals surface area contributed by atoms with E-state index in [2.05, 4.69) is 20.3 Å². The monoisotopic (exact) mass is 300 g/mol. The van der Waals surface area contributed by atoms with Crippen molar-refractivity contribution in [1.29, 1.82) is 0 Å². The summed E-state index contributed by atoms with van der Waals surface area (Å²) in [6, 6.07) is 3.31. The van der Waals surface area contributed by atoms with Crippen molar-refractivity contribution in [2.75, 3.05) is 19.5 Å². The van der Waals surface area contributed by atoms with Crippen LogP contribution in [0, 0.1) is 0 Å². The maximum Gasteiger partial charge on any atom is 0.258 e. The van der Waals surface area contributed by atoms with Gasteiger partial charge in [-0.25, -0.2) is 9.97 Å². The number of aromatic nitrogens is 3. The summed E-state index contributed by atoms with van der Waals surface area (Å²) >= 11 is 0. The molecule has 1 fully saturated rings. The fourth-order valence-electron chi connectivity index (χ4n) is 1.99. The minimum atomic E-state index is -0.312. The Labute approximate surface area is 127 Å². The van der Waals surface area contributed by atoms with Crippen molar-refractivity contribution in [3.8, 4) is 11.8 Å². The summed E-state index contributed by atoms with van der Waals surface area (Å²) in [5.74, 6) is 1.64. The molecule has 7 heteroatoms. The van der Waals surface area contributed by atoms with Crippen LogP contribution in [-0.4, -0.2) is 35.1 Å². The normalized spacial score (nSPS) is 13.5. The number of nitrogens with zero attached hydrogens (tertiary/aromatic N) is 3. The Morgan fingerprint density at radius 1 is 1.18 bits per heavy atom. The van der Waals surface area contributed by atoms with Crippen molar-refractivity contribution >= 4 is 11.6 Å². The number of hydrogen-bond acceptors (Lipinski definition) is 6. The molecule has 0 saturated heterocycles. The highest BCUT2D eigenvalue weighted by Gasteiger charge is 2.26. The van der Waals surface area contributed by atoms with Crippen LogP contribution in [-0.2, 0) is 0 Å². The number of anilines is 1. The van der Waals surface area contributed by atoms with Gasteiger partial charge in [-0.05, 0) is 18.9 Å². The van der Waals surface area contributed by atoms with Crippen molar-refractivity contribution in [1.82, 2.24) is 15.0 Å². The Morgan fingerprint density at radius 2 is 1.91 bits per heavy atom. The van der Waals surface area contributed by atoms with Crippen LogP contribution in [0.2, 0.25) is 0 Å². The molecule has 114 valence electrons. The van der Waals surface area contributed by atoms with Gasteiger partial charge in [-0.3, -0.25) is 4.79 Å². The number of hydrogen-bond donors (Lipinski definition) is 1. The fraction of sp³-hybridized carbons (Fsp3) is 0.333. The summed E-state index contributed by atoms with van der Waals surface area (Å²) in [4.78, 5) is 24.8. The van der Waals surface area contributed by atoms with Gasteiger partial charge in [-0.15, -0.1) is 0 Å². The van der Waals surface area contributed by atoms with Gasteiger partial charge in [0.15, 0.2) is 0 Å². The maximum atomic E-state index is 12.2. The van der Waals surface area contributed by atoms with Crippen LogP contribution in [0.4, 0.5) is 5.69 Å². The molecule has 0 bridgehead atoms. The fourth-order valence-corrected chi connectivity index (χ4v) is 1.99. The zero-order valence-corrected chi connectivity index (χ0v) is 12.4. The second kappa shape index (κ2) is 5.97. The lowest BCUT2D eigenvalue weighted by Crippen LogP contribution is -2.14. The molecule has 0 aromatic carbocycles. The van der Waals surface area contributed by atoms with E-state index in [1.54, 1.807) is 24.5 Å². The van der Waals surface area contributed by atoms with Crippen LogP contribution >= 0.6 is 0 Å². The van der Waals surface area contributed by atoms with E-state index in [1.165, 1.54) is 14.2 Å². The zero-order valence-electron chi connectivity index (χ0n) is 12.4. The smallest absolute Gasteiger partial charge is 0.258 e. The zero-order chi connectivity index (χ0) is 15.5. The molecule has 2 aromatic heterocycles. The Morgan fingerprint density at radius 3 is 2.50 bits per heavy atom. The molecule has 0 spiro atoms. The lowest BCUT2D eigenvalue weighted by atomic mass is 10.3. The SMILES string of the molecule is COc1ccc(NC(=O)c2cnc(C3CC3)nc2)c(OC)n1. The number of rotatable bonds is 5. The third kappa shape index (κ3) is 2.98. The van der Waals surface area contributed by atoms with E-state index in [0.29, 0.717) is 23.0 Å². The second-order valence-electron chi connectivity index (χ2n) is 4.97. The molecule has 0 aliphatic heterocycles. The first-order chi connectivity index (χ1) is 10.7. The molecule has 1 N–H and O–H groups in total. The van der Waals surface area contributed by atoms with E-state index in [-0.39, 0.29) is 11.8 Å². The summed E-state index contributed by atoms with van der Waals surface area (Å²) in [6.07, 6.45) is 5.33. The number of nitrogens with one attached hydrogen (secondary N) is 1. The molecule has 1 aliphatic carbocycles. The summed E-state index contributed by atoms with van der Waals surface area (Å²) in [5.41, 5.74) is 0.849. The molecule has 2 heterocycles. The van der Waals surface area contributed by atoms with Gasteiger partial charge in [0.05, 0.1) is 19.8 Å². The van der Waals surface area contributed by atoms with Crippen LogP contribution in [0.1, 0.15) is 34.9 Å². The molecule has 7 nitrogen and oxygen atoms in total. The van der Waals surface area contributed by atoms with E-state index >= 15 is 0 Å². The maximum absolute atomic E-state index is 12.2. The Bertz CT molecular complexity index is 684. The highest BCUT2D eigenvalue weighted by atomic mass is 16.5. The average Bonchev–Trinajstić information content (AvgIpc) is 3.40. The molecule has 3 rings (SSSR count). The largest absolute Gasteiger partial charge is 0.481 e. The van der Waals surface area contributed by atoms with Gasteiger partial charge < -0.3 is 14.8 Å². The summed E-state index contributed by atoms with van der Waals surface area (Å²) < 4.78 is 10.2. The van der Waals surface area contributed by atoms with E-state index in [4.69, 9.17) is 9.47 Å². The van der Waals surface area contributed by atoms with Gasteiger partial charge in [-0.2, -0.15) is 4.98 Å². The van der Waals surface area contributed by atoms with E-state index in [9.17, 15) is 4.79 Å². The van der Waals surface area contributed by atoms with Gasteiger partial charge in [0.2, 0.25) is 11.8 Å². The molecule has 0 atom stereocenters. The van der Waals surface area contributed by atoms with Crippen LogP contribution in [0.5, 0.6) is 11.8 Å². The average molecular weight is 300 g/mol. The van der Waals surface area contributed by atoms with Gasteiger partial charge in [-0.1, -0.05) is 0 Å². The van der Waals surface area contributed by atoms with Crippen molar-refractivity contribution in [2.45, 2.75) is 18.8 Å². The molecule has 0 radical (unpaired) electrons. The van der Waals surface area contributed by atoms with E-state index in [0.717, 1.165) is 18.7 Å². The topological polar surface area (TPSA) is 86.2 Å². The third-order valence-electron chi connectivity index (χ3n) is 3.36. The predicted octanol–water partition coefficient (Wildman–Crippen LogP) is 2.02. The number of carbonyl (C=O) groups is 1. The highest BCUT2D eigenvalue weighted by Crippen LogP contribution is 2.37. The first-order valence-electron chi connectivity index (χ1n) is 6.93. The second-order valence-corrected chi connectivity index (χ2v) is 4.97. The van der Waals surface area contributed by atoms with Gasteiger partial charge in [0, 0.05) is 24.4 Å². The van der Waals surface area contributed by atoms with Crippen molar-refractivity contribution < 1.29 is 14.3 Å². The minimum Gasteiger partial charge on any atom is -0.481 e. The summed E-state index contributed by atoms with van der Waals surface area (Å²) in [5, 5.41) is 2.73. The lowest BCUT2D eigenvalue weighted by molar-refractivity contribution is 0.102. The number of carbonyl (C=O) groups excluding carboxylic acids is 1. The van der Waals surface area contributed by atoms with Crippen molar-refractivity contribution in [3.63, 3.8) is 0 Å². The van der Waals surface area contributed by atoms with Crippen LogP contribution in [0.3, 0.4) is 0 Å². The van der Waals surface area contributed by atoms with Crippen molar-refractivity contribution in [3.05, 3.63) is 35.9 Å². The van der Waals surface area contributed by atoms with Crippen LogP contribution in [0.25, 0.3) is 0 Å². The molecule has 1 saturated carbocycles. The van der Waals surface area contributed by atoms with Gasteiger partial charge in [0.25, 0.3) is 5.91 Å². The number of ether oxygens (including phenoxy) is 2. The minimum absolute atomic E-state index is 0.281. The third-order valence-corrected chi connectivity index (χ3v) is 3.36.